The second-order valence-corrected chi connectivity index (χ2v) is 5.14. The van der Waals surface area contributed by atoms with Crippen LogP contribution >= 0.6 is 0 Å². The lowest BCUT2D eigenvalue weighted by Crippen LogP contribution is -2.29. The molecular formula is C17H17F2NO. The van der Waals surface area contributed by atoms with E-state index in [1.54, 1.807) is 26.1 Å². The Morgan fingerprint density at radius 1 is 1.10 bits per heavy atom. The lowest BCUT2D eigenvalue weighted by Gasteiger charge is -2.25. The van der Waals surface area contributed by atoms with Gasteiger partial charge in [0.2, 0.25) is 0 Å². The second kappa shape index (κ2) is 6.04. The number of hydrogen-bond donors (Lipinski definition) is 0. The highest BCUT2D eigenvalue weighted by atomic mass is 19.2. The summed E-state index contributed by atoms with van der Waals surface area (Å²) in [5.41, 5.74) is 2.12. The van der Waals surface area contributed by atoms with E-state index in [0.29, 0.717) is 11.1 Å². The normalized spacial score (nSPS) is 12.0. The Balaban J connectivity index is 2.24. The van der Waals surface area contributed by atoms with Crippen LogP contribution in [0.4, 0.5) is 8.78 Å². The minimum absolute atomic E-state index is 0.157. The fraction of sp³-hybridized carbons (Fsp3) is 0.235. The molecule has 0 radical (unpaired) electrons. The van der Waals surface area contributed by atoms with Crippen molar-refractivity contribution >= 4 is 5.91 Å². The van der Waals surface area contributed by atoms with Gasteiger partial charge in [-0.05, 0) is 43.7 Å². The van der Waals surface area contributed by atoms with Gasteiger partial charge in [0, 0.05) is 12.6 Å². The number of benzene rings is 2. The molecule has 2 rings (SSSR count). The minimum atomic E-state index is -0.907. The molecule has 2 aromatic rings. The van der Waals surface area contributed by atoms with E-state index in [0.717, 1.165) is 17.7 Å². The molecule has 0 aromatic heterocycles. The second-order valence-electron chi connectivity index (χ2n) is 5.14. The van der Waals surface area contributed by atoms with E-state index in [4.69, 9.17) is 0 Å². The molecule has 0 aliphatic heterocycles. The number of hydrogen-bond acceptors (Lipinski definition) is 1. The summed E-state index contributed by atoms with van der Waals surface area (Å²) in [5, 5.41) is 0. The average Bonchev–Trinajstić information content (AvgIpc) is 2.47. The van der Waals surface area contributed by atoms with Crippen molar-refractivity contribution in [1.82, 2.24) is 4.90 Å². The van der Waals surface area contributed by atoms with E-state index in [-0.39, 0.29) is 11.9 Å². The summed E-state index contributed by atoms with van der Waals surface area (Å²) in [4.78, 5) is 13.9. The maximum atomic E-state index is 13.3. The predicted octanol–water partition coefficient (Wildman–Crippen LogP) is 4.11. The average molecular weight is 289 g/mol. The minimum Gasteiger partial charge on any atom is -0.335 e. The highest BCUT2D eigenvalue weighted by Gasteiger charge is 2.20. The van der Waals surface area contributed by atoms with Crippen molar-refractivity contribution in [2.75, 3.05) is 7.05 Å². The van der Waals surface area contributed by atoms with E-state index in [9.17, 15) is 13.6 Å². The number of rotatable bonds is 3. The highest BCUT2D eigenvalue weighted by Crippen LogP contribution is 2.22. The Hall–Kier alpha value is -2.23. The standard InChI is InChI=1S/C17H17F2NO/c1-11-5-4-6-14(9-11)17(21)20(3)12(2)13-7-8-15(18)16(19)10-13/h4-10,12H,1-3H3. The van der Waals surface area contributed by atoms with Gasteiger partial charge in [0.15, 0.2) is 11.6 Å². The summed E-state index contributed by atoms with van der Waals surface area (Å²) in [6, 6.07) is 10.6. The van der Waals surface area contributed by atoms with Gasteiger partial charge in [-0.1, -0.05) is 23.8 Å². The van der Waals surface area contributed by atoms with Gasteiger partial charge >= 0.3 is 0 Å². The summed E-state index contributed by atoms with van der Waals surface area (Å²) < 4.78 is 26.3. The highest BCUT2D eigenvalue weighted by molar-refractivity contribution is 5.94. The van der Waals surface area contributed by atoms with Gasteiger partial charge in [0.05, 0.1) is 6.04 Å². The molecule has 1 amide bonds. The van der Waals surface area contributed by atoms with Crippen molar-refractivity contribution in [3.63, 3.8) is 0 Å². The first-order valence-corrected chi connectivity index (χ1v) is 6.69. The van der Waals surface area contributed by atoms with Gasteiger partial charge in [-0.25, -0.2) is 8.78 Å². The smallest absolute Gasteiger partial charge is 0.254 e. The lowest BCUT2D eigenvalue weighted by molar-refractivity contribution is 0.0742. The first-order chi connectivity index (χ1) is 9.90. The molecule has 0 aliphatic carbocycles. The molecule has 2 nitrogen and oxygen atoms in total. The maximum Gasteiger partial charge on any atom is 0.254 e. The molecule has 0 saturated carbocycles. The van der Waals surface area contributed by atoms with Crippen molar-refractivity contribution in [3.8, 4) is 0 Å². The summed E-state index contributed by atoms with van der Waals surface area (Å²) in [5.74, 6) is -1.95. The van der Waals surface area contributed by atoms with Crippen LogP contribution in [0.1, 0.15) is 34.5 Å². The van der Waals surface area contributed by atoms with E-state index in [1.165, 1.54) is 11.0 Å². The van der Waals surface area contributed by atoms with Gasteiger partial charge in [-0.2, -0.15) is 0 Å². The van der Waals surface area contributed by atoms with Gasteiger partial charge in [-0.3, -0.25) is 4.79 Å². The molecule has 21 heavy (non-hydrogen) atoms. The van der Waals surface area contributed by atoms with Crippen LogP contribution in [0.5, 0.6) is 0 Å². The van der Waals surface area contributed by atoms with E-state index >= 15 is 0 Å². The van der Waals surface area contributed by atoms with Crippen LogP contribution in [0.3, 0.4) is 0 Å². The Kier molecular flexibility index (Phi) is 4.36. The lowest BCUT2D eigenvalue weighted by atomic mass is 10.1. The summed E-state index contributed by atoms with van der Waals surface area (Å²) in [6.07, 6.45) is 0. The first-order valence-electron chi connectivity index (χ1n) is 6.69. The zero-order valence-electron chi connectivity index (χ0n) is 12.2. The summed E-state index contributed by atoms with van der Waals surface area (Å²) >= 11 is 0. The van der Waals surface area contributed by atoms with Crippen LogP contribution in [0.25, 0.3) is 0 Å². The zero-order valence-corrected chi connectivity index (χ0v) is 12.2. The van der Waals surface area contributed by atoms with Crippen LogP contribution in [0.2, 0.25) is 0 Å². The van der Waals surface area contributed by atoms with Gasteiger partial charge in [0.25, 0.3) is 5.91 Å². The third kappa shape index (κ3) is 3.27. The van der Waals surface area contributed by atoms with Crippen LogP contribution in [0, 0.1) is 18.6 Å². The number of nitrogens with zero attached hydrogens (tertiary/aromatic N) is 1. The Bertz CT molecular complexity index is 670. The van der Waals surface area contributed by atoms with Crippen LogP contribution in [-0.4, -0.2) is 17.9 Å². The molecule has 4 heteroatoms. The Labute approximate surface area is 123 Å². The van der Waals surface area contributed by atoms with Crippen LogP contribution in [0.15, 0.2) is 42.5 Å². The number of carbonyl (C=O) groups excluding carboxylic acids is 1. The zero-order chi connectivity index (χ0) is 15.6. The van der Waals surface area contributed by atoms with Crippen molar-refractivity contribution in [1.29, 1.82) is 0 Å². The molecule has 110 valence electrons. The molecule has 0 N–H and O–H groups in total. The van der Waals surface area contributed by atoms with Crippen LogP contribution < -0.4 is 0 Å². The molecule has 0 aliphatic rings. The summed E-state index contributed by atoms with van der Waals surface area (Å²) in [6.45, 7) is 3.69. The van der Waals surface area contributed by atoms with Crippen molar-refractivity contribution in [2.24, 2.45) is 0 Å². The quantitative estimate of drug-likeness (QED) is 0.833. The van der Waals surface area contributed by atoms with Gasteiger partial charge in [0.1, 0.15) is 0 Å². The van der Waals surface area contributed by atoms with Crippen LogP contribution in [-0.2, 0) is 0 Å². The van der Waals surface area contributed by atoms with E-state index < -0.39 is 11.6 Å². The SMILES string of the molecule is Cc1cccc(C(=O)N(C)C(C)c2ccc(F)c(F)c2)c1. The number of amides is 1. The molecule has 1 unspecified atom stereocenters. The molecule has 1 atom stereocenters. The third-order valence-electron chi connectivity index (χ3n) is 3.59. The Morgan fingerprint density at radius 3 is 2.43 bits per heavy atom. The monoisotopic (exact) mass is 289 g/mol. The number of aryl methyl sites for hydroxylation is 1. The fourth-order valence-electron chi connectivity index (χ4n) is 2.15. The van der Waals surface area contributed by atoms with Gasteiger partial charge in [-0.15, -0.1) is 0 Å². The largest absolute Gasteiger partial charge is 0.335 e. The molecule has 0 heterocycles. The van der Waals surface area contributed by atoms with E-state index in [1.807, 2.05) is 19.1 Å². The third-order valence-corrected chi connectivity index (χ3v) is 3.59. The number of halogens is 2. The Morgan fingerprint density at radius 2 is 1.81 bits per heavy atom. The van der Waals surface area contributed by atoms with Gasteiger partial charge < -0.3 is 4.90 Å². The molecule has 0 spiro atoms. The van der Waals surface area contributed by atoms with E-state index in [2.05, 4.69) is 0 Å². The molecule has 0 saturated heterocycles. The molecule has 0 fully saturated rings. The van der Waals surface area contributed by atoms with Crippen molar-refractivity contribution < 1.29 is 13.6 Å². The van der Waals surface area contributed by atoms with Crippen molar-refractivity contribution in [3.05, 3.63) is 70.8 Å². The predicted molar refractivity (Wildman–Crippen MR) is 78.0 cm³/mol. The molecule has 0 bridgehead atoms. The summed E-state index contributed by atoms with van der Waals surface area (Å²) in [7, 11) is 1.65. The fourth-order valence-corrected chi connectivity index (χ4v) is 2.15. The topological polar surface area (TPSA) is 20.3 Å². The first kappa shape index (κ1) is 15.2. The maximum absolute atomic E-state index is 13.3. The molecule has 2 aromatic carbocycles. The van der Waals surface area contributed by atoms with Crippen molar-refractivity contribution in [2.45, 2.75) is 19.9 Å². The molecular weight excluding hydrogens is 272 g/mol. The number of carbonyl (C=O) groups is 1.